The molecule has 1 unspecified atom stereocenters. The van der Waals surface area contributed by atoms with Crippen molar-refractivity contribution < 1.29 is 0 Å². The second kappa shape index (κ2) is 11.5. The Bertz CT molecular complexity index is 465. The Morgan fingerprint density at radius 3 is 2.21 bits per heavy atom. The molecule has 1 atom stereocenters. The molecule has 0 saturated heterocycles. The van der Waals surface area contributed by atoms with Crippen molar-refractivity contribution in [3.05, 3.63) is 41.5 Å². The first-order valence-electron chi connectivity index (χ1n) is 10.6. The highest BCUT2D eigenvalue weighted by molar-refractivity contribution is 5.66. The third-order valence-electron chi connectivity index (χ3n) is 5.63. The molecule has 1 aromatic rings. The van der Waals surface area contributed by atoms with Gasteiger partial charge in [0.15, 0.2) is 0 Å². The molecule has 0 N–H and O–H groups in total. The molecular formula is C24H38. The smallest absolute Gasteiger partial charge is 0.0228 e. The Morgan fingerprint density at radius 1 is 0.833 bits per heavy atom. The summed E-state index contributed by atoms with van der Waals surface area (Å²) in [5.41, 5.74) is 4.58. The molecule has 1 aliphatic carbocycles. The molecule has 0 nitrogen and oxygen atoms in total. The number of hydrogen-bond acceptors (Lipinski definition) is 0. The lowest BCUT2D eigenvalue weighted by Crippen LogP contribution is -2.05. The Hall–Kier alpha value is -1.04. The van der Waals surface area contributed by atoms with Gasteiger partial charge in [-0.1, -0.05) is 95.6 Å². The van der Waals surface area contributed by atoms with Crippen molar-refractivity contribution in [1.82, 2.24) is 0 Å². The van der Waals surface area contributed by atoms with Crippen LogP contribution in [0.1, 0.15) is 102 Å². The summed E-state index contributed by atoms with van der Waals surface area (Å²) >= 11 is 0. The zero-order valence-electron chi connectivity index (χ0n) is 16.2. The first-order valence-corrected chi connectivity index (χ1v) is 10.6. The standard InChI is InChI=1S/C24H38/c1-3-5-7-8-9-10-12-22-15-19-24(20-16-22)23-17-13-21(14-18-23)11-6-4-2/h15-17,19-21H,3-14,18H2,1-2H3. The molecule has 0 spiro atoms. The minimum Gasteiger partial charge on any atom is -0.0804 e. The van der Waals surface area contributed by atoms with Crippen LogP contribution in [-0.2, 0) is 6.42 Å². The molecular weight excluding hydrogens is 288 g/mol. The Labute approximate surface area is 150 Å². The molecule has 1 aromatic carbocycles. The van der Waals surface area contributed by atoms with E-state index in [1.54, 1.807) is 5.57 Å². The van der Waals surface area contributed by atoms with Crippen LogP contribution in [0.2, 0.25) is 0 Å². The van der Waals surface area contributed by atoms with E-state index in [9.17, 15) is 0 Å². The fourth-order valence-electron chi connectivity index (χ4n) is 3.90. The van der Waals surface area contributed by atoms with E-state index in [4.69, 9.17) is 0 Å². The molecule has 2 rings (SSSR count). The molecule has 24 heavy (non-hydrogen) atoms. The second-order valence-electron chi connectivity index (χ2n) is 7.73. The first kappa shape index (κ1) is 19.3. The Kier molecular flexibility index (Phi) is 9.24. The summed E-state index contributed by atoms with van der Waals surface area (Å²) < 4.78 is 0. The fraction of sp³-hybridized carbons (Fsp3) is 0.667. The summed E-state index contributed by atoms with van der Waals surface area (Å²) in [5.74, 6) is 0.945. The number of hydrogen-bond donors (Lipinski definition) is 0. The van der Waals surface area contributed by atoms with E-state index >= 15 is 0 Å². The average Bonchev–Trinajstić information content (AvgIpc) is 2.64. The molecule has 134 valence electrons. The number of aryl methyl sites for hydroxylation is 1. The van der Waals surface area contributed by atoms with Gasteiger partial charge in [-0.2, -0.15) is 0 Å². The summed E-state index contributed by atoms with van der Waals surface area (Å²) in [6, 6.07) is 9.46. The fourth-order valence-corrected chi connectivity index (χ4v) is 3.90. The lowest BCUT2D eigenvalue weighted by Gasteiger charge is -2.22. The van der Waals surface area contributed by atoms with Gasteiger partial charge in [0.25, 0.3) is 0 Å². The van der Waals surface area contributed by atoms with Crippen molar-refractivity contribution in [1.29, 1.82) is 0 Å². The molecule has 1 aliphatic rings. The summed E-state index contributed by atoms with van der Waals surface area (Å²) in [7, 11) is 0. The van der Waals surface area contributed by atoms with Gasteiger partial charge >= 0.3 is 0 Å². The predicted molar refractivity (Wildman–Crippen MR) is 108 cm³/mol. The van der Waals surface area contributed by atoms with Gasteiger partial charge in [-0.3, -0.25) is 0 Å². The van der Waals surface area contributed by atoms with Crippen molar-refractivity contribution >= 4 is 5.57 Å². The van der Waals surface area contributed by atoms with Gasteiger partial charge in [-0.05, 0) is 54.7 Å². The highest BCUT2D eigenvalue weighted by atomic mass is 14.2. The van der Waals surface area contributed by atoms with Crippen LogP contribution < -0.4 is 0 Å². The molecule has 0 aromatic heterocycles. The lowest BCUT2D eigenvalue weighted by molar-refractivity contribution is 0.434. The Morgan fingerprint density at radius 2 is 1.54 bits per heavy atom. The van der Waals surface area contributed by atoms with Crippen molar-refractivity contribution in [2.75, 3.05) is 0 Å². The molecule has 0 aliphatic heterocycles. The minimum absolute atomic E-state index is 0.945. The van der Waals surface area contributed by atoms with Crippen LogP contribution in [0.15, 0.2) is 30.3 Å². The van der Waals surface area contributed by atoms with E-state index in [0.717, 1.165) is 5.92 Å². The lowest BCUT2D eigenvalue weighted by atomic mass is 9.84. The van der Waals surface area contributed by atoms with Crippen LogP contribution in [0.4, 0.5) is 0 Å². The van der Waals surface area contributed by atoms with Crippen LogP contribution in [0.3, 0.4) is 0 Å². The van der Waals surface area contributed by atoms with Gasteiger partial charge in [0.05, 0.1) is 0 Å². The van der Waals surface area contributed by atoms with Gasteiger partial charge in [0, 0.05) is 0 Å². The van der Waals surface area contributed by atoms with Gasteiger partial charge in [-0.25, -0.2) is 0 Å². The van der Waals surface area contributed by atoms with E-state index in [2.05, 4.69) is 44.2 Å². The summed E-state index contributed by atoms with van der Waals surface area (Å²) in [5, 5.41) is 0. The third kappa shape index (κ3) is 6.83. The number of unbranched alkanes of at least 4 members (excludes halogenated alkanes) is 6. The topological polar surface area (TPSA) is 0 Å². The van der Waals surface area contributed by atoms with Crippen LogP contribution in [-0.4, -0.2) is 0 Å². The van der Waals surface area contributed by atoms with E-state index in [-0.39, 0.29) is 0 Å². The van der Waals surface area contributed by atoms with Gasteiger partial charge < -0.3 is 0 Å². The molecule has 0 radical (unpaired) electrons. The highest BCUT2D eigenvalue weighted by Crippen LogP contribution is 2.32. The molecule has 0 heteroatoms. The zero-order valence-corrected chi connectivity index (χ0v) is 16.2. The summed E-state index contributed by atoms with van der Waals surface area (Å²) in [4.78, 5) is 0. The molecule has 0 amide bonds. The highest BCUT2D eigenvalue weighted by Gasteiger charge is 2.14. The van der Waals surface area contributed by atoms with E-state index < -0.39 is 0 Å². The molecule has 0 heterocycles. The maximum Gasteiger partial charge on any atom is -0.0228 e. The minimum atomic E-state index is 0.945. The largest absolute Gasteiger partial charge is 0.0804 e. The quantitative estimate of drug-likeness (QED) is 0.362. The SMILES string of the molecule is CCCCCCCCc1ccc(C2=CCC(CCCC)CC2)cc1. The maximum atomic E-state index is 2.52. The van der Waals surface area contributed by atoms with E-state index in [1.807, 2.05) is 0 Å². The predicted octanol–water partition coefficient (Wildman–Crippen LogP) is 7.96. The van der Waals surface area contributed by atoms with Crippen LogP contribution in [0, 0.1) is 5.92 Å². The van der Waals surface area contributed by atoms with Gasteiger partial charge in [0.2, 0.25) is 0 Å². The van der Waals surface area contributed by atoms with Crippen LogP contribution in [0.5, 0.6) is 0 Å². The van der Waals surface area contributed by atoms with Gasteiger partial charge in [-0.15, -0.1) is 0 Å². The van der Waals surface area contributed by atoms with Crippen LogP contribution in [0.25, 0.3) is 5.57 Å². The molecule has 0 fully saturated rings. The third-order valence-corrected chi connectivity index (χ3v) is 5.63. The number of rotatable bonds is 11. The monoisotopic (exact) mass is 326 g/mol. The number of benzene rings is 1. The van der Waals surface area contributed by atoms with Crippen molar-refractivity contribution in [3.63, 3.8) is 0 Å². The normalized spacial score (nSPS) is 17.8. The average molecular weight is 327 g/mol. The Balaban J connectivity index is 1.73. The van der Waals surface area contributed by atoms with Crippen LogP contribution >= 0.6 is 0 Å². The first-order chi connectivity index (χ1) is 11.8. The van der Waals surface area contributed by atoms with E-state index in [1.165, 1.54) is 94.6 Å². The molecule has 0 saturated carbocycles. The second-order valence-corrected chi connectivity index (χ2v) is 7.73. The van der Waals surface area contributed by atoms with E-state index in [0.29, 0.717) is 0 Å². The van der Waals surface area contributed by atoms with Crippen molar-refractivity contribution in [2.45, 2.75) is 97.3 Å². The van der Waals surface area contributed by atoms with Crippen molar-refractivity contribution in [3.8, 4) is 0 Å². The maximum absolute atomic E-state index is 2.52. The zero-order chi connectivity index (χ0) is 17.0. The summed E-state index contributed by atoms with van der Waals surface area (Å²) in [6.45, 7) is 4.59. The van der Waals surface area contributed by atoms with Gasteiger partial charge in [0.1, 0.15) is 0 Å². The molecule has 0 bridgehead atoms. The summed E-state index contributed by atoms with van der Waals surface area (Å²) in [6.07, 6.45) is 20.3. The van der Waals surface area contributed by atoms with Crippen molar-refractivity contribution in [2.24, 2.45) is 5.92 Å². The number of allylic oxidation sites excluding steroid dienone is 2.